The van der Waals surface area contributed by atoms with E-state index < -0.39 is 12.0 Å². The van der Waals surface area contributed by atoms with Crippen LogP contribution in [0.5, 0.6) is 11.5 Å². The number of ether oxygens (including phenoxy) is 3. The van der Waals surface area contributed by atoms with Gasteiger partial charge in [-0.05, 0) is 49.1 Å². The number of urea groups is 1. The number of allylic oxidation sites excluding steroid dienone is 1. The van der Waals surface area contributed by atoms with E-state index in [-0.39, 0.29) is 6.03 Å². The standard InChI is InChI=1S/C24H28N2O5/c1-5-18-21(23(27)29-4)22(26-24(28)25-18)16-11-12-19(20(13-16)30-6-2)31-14-17-10-8-7-9-15(17)3/h7-13,22H,5-6,14H2,1-4H3,(H2,25,26,28). The summed E-state index contributed by atoms with van der Waals surface area (Å²) >= 11 is 0. The van der Waals surface area contributed by atoms with Gasteiger partial charge in [0.25, 0.3) is 0 Å². The summed E-state index contributed by atoms with van der Waals surface area (Å²) in [5.74, 6) is 0.643. The highest BCUT2D eigenvalue weighted by molar-refractivity contribution is 5.95. The van der Waals surface area contributed by atoms with Crippen molar-refractivity contribution in [2.24, 2.45) is 0 Å². The van der Waals surface area contributed by atoms with E-state index in [9.17, 15) is 9.59 Å². The molecule has 0 fully saturated rings. The van der Waals surface area contributed by atoms with Crippen LogP contribution in [0.4, 0.5) is 4.79 Å². The van der Waals surface area contributed by atoms with Gasteiger partial charge in [0.15, 0.2) is 11.5 Å². The van der Waals surface area contributed by atoms with Crippen LogP contribution in [0.1, 0.15) is 43.0 Å². The van der Waals surface area contributed by atoms with Gasteiger partial charge in [-0.2, -0.15) is 0 Å². The Labute approximate surface area is 182 Å². The highest BCUT2D eigenvalue weighted by Gasteiger charge is 2.33. The van der Waals surface area contributed by atoms with Gasteiger partial charge in [-0.3, -0.25) is 0 Å². The van der Waals surface area contributed by atoms with Crippen molar-refractivity contribution >= 4 is 12.0 Å². The van der Waals surface area contributed by atoms with Crippen LogP contribution in [-0.4, -0.2) is 25.7 Å². The summed E-state index contributed by atoms with van der Waals surface area (Å²) in [6.07, 6.45) is 0.490. The normalized spacial score (nSPS) is 15.7. The maximum atomic E-state index is 12.5. The Bertz CT molecular complexity index is 999. The van der Waals surface area contributed by atoms with Crippen LogP contribution in [0.3, 0.4) is 0 Å². The molecule has 1 atom stereocenters. The second-order valence-electron chi connectivity index (χ2n) is 7.12. The van der Waals surface area contributed by atoms with E-state index in [1.807, 2.05) is 51.1 Å². The fourth-order valence-corrected chi connectivity index (χ4v) is 3.52. The number of carbonyl (C=O) groups excluding carboxylic acids is 2. The number of carbonyl (C=O) groups is 2. The Morgan fingerprint density at radius 3 is 2.52 bits per heavy atom. The first-order valence-electron chi connectivity index (χ1n) is 10.3. The van der Waals surface area contributed by atoms with Crippen molar-refractivity contribution in [3.8, 4) is 11.5 Å². The monoisotopic (exact) mass is 424 g/mol. The zero-order chi connectivity index (χ0) is 22.4. The van der Waals surface area contributed by atoms with Gasteiger partial charge in [-0.1, -0.05) is 37.3 Å². The first kappa shape index (κ1) is 22.2. The van der Waals surface area contributed by atoms with Crippen molar-refractivity contribution in [1.29, 1.82) is 0 Å². The van der Waals surface area contributed by atoms with Crippen molar-refractivity contribution in [3.05, 3.63) is 70.4 Å². The predicted molar refractivity (Wildman–Crippen MR) is 117 cm³/mol. The summed E-state index contributed by atoms with van der Waals surface area (Å²) in [7, 11) is 1.32. The minimum Gasteiger partial charge on any atom is -0.490 e. The second kappa shape index (κ2) is 10.0. The van der Waals surface area contributed by atoms with E-state index in [1.165, 1.54) is 7.11 Å². The minimum absolute atomic E-state index is 0.368. The molecule has 1 aliphatic heterocycles. The maximum Gasteiger partial charge on any atom is 0.337 e. The van der Waals surface area contributed by atoms with E-state index in [2.05, 4.69) is 10.6 Å². The summed E-state index contributed by atoms with van der Waals surface area (Å²) in [5.41, 5.74) is 3.85. The van der Waals surface area contributed by atoms with Crippen LogP contribution < -0.4 is 20.1 Å². The van der Waals surface area contributed by atoms with Gasteiger partial charge in [0.1, 0.15) is 6.61 Å². The molecule has 2 aromatic rings. The van der Waals surface area contributed by atoms with E-state index in [4.69, 9.17) is 14.2 Å². The maximum absolute atomic E-state index is 12.5. The van der Waals surface area contributed by atoms with Crippen LogP contribution in [-0.2, 0) is 16.1 Å². The Morgan fingerprint density at radius 2 is 1.84 bits per heavy atom. The van der Waals surface area contributed by atoms with Crippen LogP contribution in [0, 0.1) is 6.92 Å². The van der Waals surface area contributed by atoms with Gasteiger partial charge in [-0.25, -0.2) is 9.59 Å². The zero-order valence-corrected chi connectivity index (χ0v) is 18.3. The molecule has 0 aromatic heterocycles. The fourth-order valence-electron chi connectivity index (χ4n) is 3.52. The molecule has 1 aliphatic rings. The Hall–Kier alpha value is -3.48. The molecular weight excluding hydrogens is 396 g/mol. The Balaban J connectivity index is 1.94. The number of rotatable bonds is 8. The number of hydrogen-bond acceptors (Lipinski definition) is 5. The Morgan fingerprint density at radius 1 is 1.06 bits per heavy atom. The molecule has 0 saturated heterocycles. The summed E-state index contributed by atoms with van der Waals surface area (Å²) in [5, 5.41) is 5.51. The third kappa shape index (κ3) is 4.99. The first-order chi connectivity index (χ1) is 15.0. The molecule has 2 N–H and O–H groups in total. The lowest BCUT2D eigenvalue weighted by Gasteiger charge is -2.29. The smallest absolute Gasteiger partial charge is 0.337 e. The molecule has 0 saturated carbocycles. The molecule has 0 aliphatic carbocycles. The van der Waals surface area contributed by atoms with Crippen LogP contribution in [0.15, 0.2) is 53.7 Å². The molecule has 164 valence electrons. The third-order valence-corrected chi connectivity index (χ3v) is 5.16. The van der Waals surface area contributed by atoms with Crippen molar-refractivity contribution in [3.63, 3.8) is 0 Å². The van der Waals surface area contributed by atoms with Gasteiger partial charge < -0.3 is 24.8 Å². The number of amides is 2. The van der Waals surface area contributed by atoms with Crippen LogP contribution in [0.2, 0.25) is 0 Å². The topological polar surface area (TPSA) is 85.9 Å². The molecule has 7 nitrogen and oxygen atoms in total. The van der Waals surface area contributed by atoms with Gasteiger partial charge >= 0.3 is 12.0 Å². The number of methoxy groups -OCH3 is 1. The molecular formula is C24H28N2O5. The predicted octanol–water partition coefficient (Wildman–Crippen LogP) is 4.16. The molecule has 2 amide bonds. The summed E-state index contributed by atoms with van der Waals surface area (Å²) < 4.78 is 16.8. The molecule has 3 rings (SSSR count). The minimum atomic E-state index is -0.652. The van der Waals surface area contributed by atoms with E-state index >= 15 is 0 Å². The van der Waals surface area contributed by atoms with Crippen molar-refractivity contribution in [2.45, 2.75) is 39.8 Å². The quantitative estimate of drug-likeness (QED) is 0.622. The third-order valence-electron chi connectivity index (χ3n) is 5.16. The fraction of sp³-hybridized carbons (Fsp3) is 0.333. The molecule has 2 aromatic carbocycles. The van der Waals surface area contributed by atoms with Crippen molar-refractivity contribution in [2.75, 3.05) is 13.7 Å². The number of hydrogen-bond donors (Lipinski definition) is 2. The number of nitrogens with one attached hydrogen (secondary N) is 2. The molecule has 1 unspecified atom stereocenters. The van der Waals surface area contributed by atoms with Gasteiger partial charge in [0.05, 0.1) is 25.3 Å². The highest BCUT2D eigenvalue weighted by atomic mass is 16.5. The average Bonchev–Trinajstić information content (AvgIpc) is 2.78. The van der Waals surface area contributed by atoms with Crippen molar-refractivity contribution in [1.82, 2.24) is 10.6 Å². The first-order valence-corrected chi connectivity index (χ1v) is 10.3. The molecule has 31 heavy (non-hydrogen) atoms. The van der Waals surface area contributed by atoms with Crippen LogP contribution >= 0.6 is 0 Å². The largest absolute Gasteiger partial charge is 0.490 e. The number of benzene rings is 2. The number of esters is 1. The molecule has 0 spiro atoms. The average molecular weight is 424 g/mol. The zero-order valence-electron chi connectivity index (χ0n) is 18.3. The summed E-state index contributed by atoms with van der Waals surface area (Å²) in [6, 6.07) is 12.4. The van der Waals surface area contributed by atoms with Gasteiger partial charge in [0.2, 0.25) is 0 Å². The molecule has 7 heteroatoms. The second-order valence-corrected chi connectivity index (χ2v) is 7.12. The Kier molecular flexibility index (Phi) is 7.18. The van der Waals surface area contributed by atoms with Gasteiger partial charge in [-0.15, -0.1) is 0 Å². The lowest BCUT2D eigenvalue weighted by Crippen LogP contribution is -2.45. The molecule has 1 heterocycles. The molecule has 0 bridgehead atoms. The van der Waals surface area contributed by atoms with Crippen molar-refractivity contribution < 1.29 is 23.8 Å². The van der Waals surface area contributed by atoms with Gasteiger partial charge in [0, 0.05) is 5.70 Å². The molecule has 0 radical (unpaired) electrons. The summed E-state index contributed by atoms with van der Waals surface area (Å²) in [6.45, 7) is 6.65. The lowest BCUT2D eigenvalue weighted by molar-refractivity contribution is -0.136. The van der Waals surface area contributed by atoms with Crippen LogP contribution in [0.25, 0.3) is 0 Å². The summed E-state index contributed by atoms with van der Waals surface area (Å²) in [4.78, 5) is 24.6. The SMILES string of the molecule is CCOc1cc(C2NC(=O)NC(CC)=C2C(=O)OC)ccc1OCc1ccccc1C. The lowest BCUT2D eigenvalue weighted by atomic mass is 9.94. The highest BCUT2D eigenvalue weighted by Crippen LogP contribution is 2.35. The van der Waals surface area contributed by atoms with E-state index in [0.717, 1.165) is 11.1 Å². The van der Waals surface area contributed by atoms with E-state index in [1.54, 1.807) is 12.1 Å². The number of aryl methyl sites for hydroxylation is 1. The van der Waals surface area contributed by atoms with E-state index in [0.29, 0.717) is 48.0 Å².